The molecule has 0 heterocycles. The zero-order valence-electron chi connectivity index (χ0n) is 11.6. The molecule has 2 nitrogen and oxygen atoms in total. The van der Waals surface area contributed by atoms with E-state index in [-0.39, 0.29) is 0 Å². The van der Waals surface area contributed by atoms with Gasteiger partial charge in [-0.05, 0) is 31.3 Å². The van der Waals surface area contributed by atoms with Crippen molar-refractivity contribution in [2.75, 3.05) is 26.2 Å². The van der Waals surface area contributed by atoms with Crippen molar-refractivity contribution in [3.63, 3.8) is 0 Å². The summed E-state index contributed by atoms with van der Waals surface area (Å²) in [5, 5.41) is 3.76. The smallest absolute Gasteiger partial charge is 0.0107 e. The van der Waals surface area contributed by atoms with E-state index in [9.17, 15) is 0 Å². The first-order valence-electron chi connectivity index (χ1n) is 7.14. The van der Waals surface area contributed by atoms with E-state index in [0.29, 0.717) is 0 Å². The van der Waals surface area contributed by atoms with Crippen LogP contribution in [0.2, 0.25) is 0 Å². The Morgan fingerprint density at radius 2 is 1.81 bits per heavy atom. The Morgan fingerprint density at radius 1 is 1.12 bits per heavy atom. The zero-order valence-corrected chi connectivity index (χ0v) is 11.6. The maximum atomic E-state index is 3.76. The van der Waals surface area contributed by atoms with Gasteiger partial charge in [-0.2, -0.15) is 0 Å². The van der Waals surface area contributed by atoms with Gasteiger partial charge in [0, 0.05) is 19.1 Å². The summed E-state index contributed by atoms with van der Waals surface area (Å²) in [5.41, 5.74) is 0. The molecule has 3 unspecified atom stereocenters. The van der Waals surface area contributed by atoms with E-state index in [4.69, 9.17) is 0 Å². The van der Waals surface area contributed by atoms with Crippen molar-refractivity contribution in [1.82, 2.24) is 10.2 Å². The average molecular weight is 226 g/mol. The van der Waals surface area contributed by atoms with Gasteiger partial charge < -0.3 is 10.2 Å². The number of rotatable bonds is 6. The van der Waals surface area contributed by atoms with Gasteiger partial charge in [0.15, 0.2) is 0 Å². The molecule has 0 amide bonds. The molecule has 0 aliphatic heterocycles. The topological polar surface area (TPSA) is 15.3 Å². The molecule has 16 heavy (non-hydrogen) atoms. The monoisotopic (exact) mass is 226 g/mol. The van der Waals surface area contributed by atoms with Crippen LogP contribution < -0.4 is 5.32 Å². The largest absolute Gasteiger partial charge is 0.312 e. The third-order valence-corrected chi connectivity index (χ3v) is 4.44. The third-order valence-electron chi connectivity index (χ3n) is 4.44. The van der Waals surface area contributed by atoms with Crippen LogP contribution in [0.15, 0.2) is 0 Å². The molecule has 2 heteroatoms. The Kier molecular flexibility index (Phi) is 6.37. The fourth-order valence-corrected chi connectivity index (χ4v) is 2.82. The van der Waals surface area contributed by atoms with Crippen LogP contribution in [0.1, 0.15) is 47.0 Å². The molecular weight excluding hydrogens is 196 g/mol. The molecule has 0 saturated heterocycles. The van der Waals surface area contributed by atoms with Gasteiger partial charge in [-0.25, -0.2) is 0 Å². The highest BCUT2D eigenvalue weighted by Gasteiger charge is 2.26. The Bertz CT molecular complexity index is 178. The van der Waals surface area contributed by atoms with Gasteiger partial charge in [0.2, 0.25) is 0 Å². The molecule has 1 fully saturated rings. The Morgan fingerprint density at radius 3 is 2.44 bits per heavy atom. The second-order valence-corrected chi connectivity index (χ2v) is 5.35. The van der Waals surface area contributed by atoms with Crippen molar-refractivity contribution in [2.45, 2.75) is 53.0 Å². The second-order valence-electron chi connectivity index (χ2n) is 5.35. The van der Waals surface area contributed by atoms with Gasteiger partial charge in [-0.3, -0.25) is 0 Å². The lowest BCUT2D eigenvalue weighted by molar-refractivity contribution is 0.198. The molecule has 0 spiro atoms. The minimum absolute atomic E-state index is 0.763. The van der Waals surface area contributed by atoms with E-state index in [1.165, 1.54) is 38.9 Å². The van der Waals surface area contributed by atoms with E-state index < -0.39 is 0 Å². The van der Waals surface area contributed by atoms with Crippen molar-refractivity contribution in [2.24, 2.45) is 11.8 Å². The molecule has 1 aliphatic rings. The number of hydrogen-bond acceptors (Lipinski definition) is 2. The van der Waals surface area contributed by atoms with Crippen LogP contribution in [0.25, 0.3) is 0 Å². The van der Waals surface area contributed by atoms with Crippen LogP contribution in [-0.2, 0) is 0 Å². The van der Waals surface area contributed by atoms with Crippen molar-refractivity contribution < 1.29 is 0 Å². The molecule has 0 bridgehead atoms. The molecule has 1 saturated carbocycles. The fourth-order valence-electron chi connectivity index (χ4n) is 2.82. The van der Waals surface area contributed by atoms with Crippen LogP contribution in [0, 0.1) is 11.8 Å². The first kappa shape index (κ1) is 14.0. The van der Waals surface area contributed by atoms with E-state index in [1.54, 1.807) is 0 Å². The lowest BCUT2D eigenvalue weighted by Crippen LogP contribution is -2.43. The SMILES string of the molecule is CCN(CC)CCNC1CCCC(C)C1C. The lowest BCUT2D eigenvalue weighted by Gasteiger charge is -2.35. The van der Waals surface area contributed by atoms with E-state index >= 15 is 0 Å². The van der Waals surface area contributed by atoms with E-state index in [2.05, 4.69) is 37.9 Å². The molecule has 1 rings (SSSR count). The van der Waals surface area contributed by atoms with Gasteiger partial charge >= 0.3 is 0 Å². The Labute approximate surface area is 102 Å². The van der Waals surface area contributed by atoms with Crippen molar-refractivity contribution in [1.29, 1.82) is 0 Å². The zero-order chi connectivity index (χ0) is 12.0. The molecule has 3 atom stereocenters. The predicted molar refractivity (Wildman–Crippen MR) is 71.8 cm³/mol. The number of nitrogens with one attached hydrogen (secondary N) is 1. The molecule has 0 aromatic heterocycles. The molecule has 0 aromatic carbocycles. The van der Waals surface area contributed by atoms with Crippen LogP contribution in [0.4, 0.5) is 0 Å². The normalized spacial score (nSPS) is 30.9. The van der Waals surface area contributed by atoms with Gasteiger partial charge in [0.1, 0.15) is 0 Å². The van der Waals surface area contributed by atoms with Crippen molar-refractivity contribution >= 4 is 0 Å². The molecular formula is C14H30N2. The summed E-state index contributed by atoms with van der Waals surface area (Å²) in [6.45, 7) is 14.0. The van der Waals surface area contributed by atoms with Gasteiger partial charge in [0.05, 0.1) is 0 Å². The summed E-state index contributed by atoms with van der Waals surface area (Å²) < 4.78 is 0. The van der Waals surface area contributed by atoms with Crippen molar-refractivity contribution in [3.05, 3.63) is 0 Å². The molecule has 96 valence electrons. The van der Waals surface area contributed by atoms with Crippen LogP contribution >= 0.6 is 0 Å². The highest BCUT2D eigenvalue weighted by molar-refractivity contribution is 4.82. The van der Waals surface area contributed by atoms with Crippen LogP contribution in [0.3, 0.4) is 0 Å². The minimum Gasteiger partial charge on any atom is -0.312 e. The summed E-state index contributed by atoms with van der Waals surface area (Å²) in [4.78, 5) is 2.49. The first-order valence-corrected chi connectivity index (χ1v) is 7.14. The molecule has 1 aliphatic carbocycles. The molecule has 0 radical (unpaired) electrons. The number of likely N-dealkylation sites (N-methyl/N-ethyl adjacent to an activating group) is 1. The van der Waals surface area contributed by atoms with Gasteiger partial charge in [-0.1, -0.05) is 40.5 Å². The third kappa shape index (κ3) is 4.06. The van der Waals surface area contributed by atoms with Crippen LogP contribution in [-0.4, -0.2) is 37.1 Å². The van der Waals surface area contributed by atoms with E-state index in [0.717, 1.165) is 24.4 Å². The predicted octanol–water partition coefficient (Wildman–Crippen LogP) is 2.74. The van der Waals surface area contributed by atoms with E-state index in [1.807, 2.05) is 0 Å². The maximum absolute atomic E-state index is 3.76. The highest BCUT2D eigenvalue weighted by atomic mass is 15.1. The van der Waals surface area contributed by atoms with Crippen LogP contribution in [0.5, 0.6) is 0 Å². The summed E-state index contributed by atoms with van der Waals surface area (Å²) in [6.07, 6.45) is 4.22. The standard InChI is InChI=1S/C14H30N2/c1-5-16(6-2)11-10-15-14-9-7-8-12(3)13(14)4/h12-15H,5-11H2,1-4H3. The van der Waals surface area contributed by atoms with Gasteiger partial charge in [-0.15, -0.1) is 0 Å². The fraction of sp³-hybridized carbons (Fsp3) is 1.00. The lowest BCUT2D eigenvalue weighted by atomic mass is 9.78. The Hall–Kier alpha value is -0.0800. The van der Waals surface area contributed by atoms with Crippen molar-refractivity contribution in [3.8, 4) is 0 Å². The maximum Gasteiger partial charge on any atom is 0.0107 e. The average Bonchev–Trinajstić information content (AvgIpc) is 2.30. The Balaban J connectivity index is 2.21. The first-order chi connectivity index (χ1) is 7.69. The quantitative estimate of drug-likeness (QED) is 0.749. The summed E-state index contributed by atoms with van der Waals surface area (Å²) in [6, 6.07) is 0.763. The number of nitrogens with zero attached hydrogens (tertiary/aromatic N) is 1. The number of hydrogen-bond donors (Lipinski definition) is 1. The molecule has 1 N–H and O–H groups in total. The summed E-state index contributed by atoms with van der Waals surface area (Å²) in [7, 11) is 0. The minimum atomic E-state index is 0.763. The summed E-state index contributed by atoms with van der Waals surface area (Å²) >= 11 is 0. The molecule has 0 aromatic rings. The van der Waals surface area contributed by atoms with Gasteiger partial charge in [0.25, 0.3) is 0 Å². The highest BCUT2D eigenvalue weighted by Crippen LogP contribution is 2.29. The second kappa shape index (κ2) is 7.29. The summed E-state index contributed by atoms with van der Waals surface area (Å²) in [5.74, 6) is 1.75.